The van der Waals surface area contributed by atoms with Crippen LogP contribution in [0.1, 0.15) is 24.4 Å². The maximum absolute atomic E-state index is 11.6. The fourth-order valence-electron chi connectivity index (χ4n) is 2.75. The molecular formula is C16H24N2O3. The van der Waals surface area contributed by atoms with E-state index in [2.05, 4.69) is 16.3 Å². The molecule has 1 unspecified atom stereocenters. The normalized spacial score (nSPS) is 16.7. The van der Waals surface area contributed by atoms with E-state index in [0.29, 0.717) is 6.54 Å². The van der Waals surface area contributed by atoms with Gasteiger partial charge in [-0.2, -0.15) is 0 Å². The van der Waals surface area contributed by atoms with Crippen molar-refractivity contribution in [2.45, 2.75) is 18.9 Å². The van der Waals surface area contributed by atoms with Gasteiger partial charge in [-0.25, -0.2) is 0 Å². The lowest BCUT2D eigenvalue weighted by atomic mass is 10.0. The number of rotatable bonds is 7. The van der Waals surface area contributed by atoms with Crippen LogP contribution in [0.2, 0.25) is 0 Å². The van der Waals surface area contributed by atoms with Crippen LogP contribution in [0.25, 0.3) is 0 Å². The Morgan fingerprint density at radius 1 is 1.33 bits per heavy atom. The van der Waals surface area contributed by atoms with Crippen LogP contribution >= 0.6 is 0 Å². The van der Waals surface area contributed by atoms with Crippen LogP contribution in [0.4, 0.5) is 0 Å². The molecule has 1 amide bonds. The summed E-state index contributed by atoms with van der Waals surface area (Å²) >= 11 is 0. The molecule has 1 aromatic rings. The molecule has 5 heteroatoms. The Labute approximate surface area is 126 Å². The van der Waals surface area contributed by atoms with Crippen LogP contribution in [0.5, 0.6) is 5.75 Å². The summed E-state index contributed by atoms with van der Waals surface area (Å²) in [5, 5.41) is 2.95. The van der Waals surface area contributed by atoms with Crippen LogP contribution in [-0.4, -0.2) is 51.3 Å². The Morgan fingerprint density at radius 3 is 2.76 bits per heavy atom. The second kappa shape index (κ2) is 8.00. The number of likely N-dealkylation sites (tertiary alicyclic amines) is 1. The summed E-state index contributed by atoms with van der Waals surface area (Å²) in [7, 11) is 3.20. The van der Waals surface area contributed by atoms with E-state index in [4.69, 9.17) is 9.47 Å². The second-order valence-corrected chi connectivity index (χ2v) is 5.27. The third kappa shape index (κ3) is 4.44. The van der Waals surface area contributed by atoms with Gasteiger partial charge in [0.15, 0.2) is 0 Å². The zero-order chi connectivity index (χ0) is 15.1. The molecule has 1 aliphatic rings. The van der Waals surface area contributed by atoms with E-state index in [1.807, 2.05) is 18.2 Å². The molecule has 5 nitrogen and oxygen atoms in total. The van der Waals surface area contributed by atoms with E-state index in [-0.39, 0.29) is 18.6 Å². The lowest BCUT2D eigenvalue weighted by Crippen LogP contribution is -2.38. The first-order valence-corrected chi connectivity index (χ1v) is 7.38. The minimum atomic E-state index is -0.0791. The molecule has 1 saturated heterocycles. The van der Waals surface area contributed by atoms with Gasteiger partial charge < -0.3 is 14.8 Å². The van der Waals surface area contributed by atoms with Crippen molar-refractivity contribution in [2.24, 2.45) is 0 Å². The summed E-state index contributed by atoms with van der Waals surface area (Å²) in [5.41, 5.74) is 1.17. The van der Waals surface area contributed by atoms with E-state index < -0.39 is 0 Å². The molecule has 0 spiro atoms. The maximum Gasteiger partial charge on any atom is 0.246 e. The number of carbonyl (C=O) groups excluding carboxylic acids is 1. The Morgan fingerprint density at radius 2 is 2.10 bits per heavy atom. The third-order valence-electron chi connectivity index (χ3n) is 3.83. The lowest BCUT2D eigenvalue weighted by molar-refractivity contribution is -0.124. The van der Waals surface area contributed by atoms with Gasteiger partial charge in [0.05, 0.1) is 13.2 Å². The summed E-state index contributed by atoms with van der Waals surface area (Å²) in [6.45, 7) is 2.84. The van der Waals surface area contributed by atoms with Gasteiger partial charge in [-0.3, -0.25) is 9.69 Å². The molecule has 1 heterocycles. The predicted molar refractivity (Wildman–Crippen MR) is 81.4 cm³/mol. The van der Waals surface area contributed by atoms with E-state index >= 15 is 0 Å². The first-order valence-electron chi connectivity index (χ1n) is 7.38. The highest BCUT2D eigenvalue weighted by Gasteiger charge is 2.24. The molecule has 0 radical (unpaired) electrons. The van der Waals surface area contributed by atoms with Gasteiger partial charge in [0.2, 0.25) is 5.91 Å². The van der Waals surface area contributed by atoms with E-state index in [0.717, 1.165) is 18.8 Å². The molecule has 1 fully saturated rings. The van der Waals surface area contributed by atoms with Crippen LogP contribution < -0.4 is 10.1 Å². The zero-order valence-electron chi connectivity index (χ0n) is 12.8. The Balaban J connectivity index is 2.09. The highest BCUT2D eigenvalue weighted by molar-refractivity contribution is 5.77. The van der Waals surface area contributed by atoms with Crippen molar-refractivity contribution in [3.05, 3.63) is 29.8 Å². The van der Waals surface area contributed by atoms with E-state index in [9.17, 15) is 4.79 Å². The number of hydrogen-bond donors (Lipinski definition) is 1. The summed E-state index contributed by atoms with van der Waals surface area (Å²) in [4.78, 5) is 14.1. The quantitative estimate of drug-likeness (QED) is 0.829. The third-order valence-corrected chi connectivity index (χ3v) is 3.83. The Bertz CT molecular complexity index is 459. The number of nitrogens with one attached hydrogen (secondary N) is 1. The van der Waals surface area contributed by atoms with Crippen LogP contribution in [0.3, 0.4) is 0 Å². The number of hydrogen-bond acceptors (Lipinski definition) is 4. The van der Waals surface area contributed by atoms with Crippen molar-refractivity contribution in [3.8, 4) is 5.75 Å². The number of carbonyl (C=O) groups is 1. The number of amides is 1. The summed E-state index contributed by atoms with van der Waals surface area (Å²) in [6.07, 6.45) is 2.43. The summed E-state index contributed by atoms with van der Waals surface area (Å²) in [6, 6.07) is 8.25. The number of methoxy groups -OCH3 is 2. The summed E-state index contributed by atoms with van der Waals surface area (Å²) in [5.74, 6) is 0.768. The molecular weight excluding hydrogens is 268 g/mol. The molecule has 0 aliphatic carbocycles. The molecule has 1 atom stereocenters. The minimum Gasteiger partial charge on any atom is -0.497 e. The average Bonchev–Trinajstić information content (AvgIpc) is 3.02. The number of nitrogens with zero attached hydrogens (tertiary/aromatic N) is 1. The van der Waals surface area contributed by atoms with Gasteiger partial charge >= 0.3 is 0 Å². The maximum atomic E-state index is 11.6. The standard InChI is InChI=1S/C16H24N2O3/c1-20-12-16(19)17-11-15(18-8-3-4-9-18)13-6-5-7-14(10-13)21-2/h5-7,10,15H,3-4,8-9,11-12H2,1-2H3,(H,17,19). The molecule has 0 saturated carbocycles. The van der Waals surface area contributed by atoms with Crippen molar-refractivity contribution in [1.82, 2.24) is 10.2 Å². The van der Waals surface area contributed by atoms with Crippen LogP contribution in [-0.2, 0) is 9.53 Å². The van der Waals surface area contributed by atoms with Crippen LogP contribution in [0.15, 0.2) is 24.3 Å². The van der Waals surface area contributed by atoms with Gasteiger partial charge in [-0.1, -0.05) is 12.1 Å². The smallest absolute Gasteiger partial charge is 0.246 e. The topological polar surface area (TPSA) is 50.8 Å². The average molecular weight is 292 g/mol. The van der Waals surface area contributed by atoms with Gasteiger partial charge in [0.1, 0.15) is 12.4 Å². The lowest BCUT2D eigenvalue weighted by Gasteiger charge is -2.28. The first kappa shape index (κ1) is 15.8. The minimum absolute atomic E-state index is 0.0791. The molecule has 1 N–H and O–H groups in total. The fraction of sp³-hybridized carbons (Fsp3) is 0.562. The monoisotopic (exact) mass is 292 g/mol. The van der Waals surface area contributed by atoms with Crippen molar-refractivity contribution < 1.29 is 14.3 Å². The van der Waals surface area contributed by atoms with Gasteiger partial charge in [-0.15, -0.1) is 0 Å². The predicted octanol–water partition coefficient (Wildman–Crippen LogP) is 1.59. The molecule has 0 bridgehead atoms. The van der Waals surface area contributed by atoms with Crippen molar-refractivity contribution in [3.63, 3.8) is 0 Å². The van der Waals surface area contributed by atoms with Crippen molar-refractivity contribution >= 4 is 5.91 Å². The molecule has 2 rings (SSSR count). The SMILES string of the molecule is COCC(=O)NCC(c1cccc(OC)c1)N1CCCC1. The molecule has 1 aliphatic heterocycles. The Hall–Kier alpha value is -1.59. The van der Waals surface area contributed by atoms with Gasteiger partial charge in [0.25, 0.3) is 0 Å². The zero-order valence-corrected chi connectivity index (χ0v) is 12.8. The number of ether oxygens (including phenoxy) is 2. The molecule has 1 aromatic carbocycles. The first-order chi connectivity index (χ1) is 10.2. The van der Waals surface area contributed by atoms with E-state index in [1.54, 1.807) is 7.11 Å². The molecule has 21 heavy (non-hydrogen) atoms. The summed E-state index contributed by atoms with van der Waals surface area (Å²) < 4.78 is 10.2. The highest BCUT2D eigenvalue weighted by atomic mass is 16.5. The van der Waals surface area contributed by atoms with Crippen molar-refractivity contribution in [1.29, 1.82) is 0 Å². The van der Waals surface area contributed by atoms with E-state index in [1.165, 1.54) is 25.5 Å². The highest BCUT2D eigenvalue weighted by Crippen LogP contribution is 2.27. The largest absolute Gasteiger partial charge is 0.497 e. The Kier molecular flexibility index (Phi) is 6.02. The molecule has 116 valence electrons. The van der Waals surface area contributed by atoms with Crippen LogP contribution in [0, 0.1) is 0 Å². The van der Waals surface area contributed by atoms with Crippen molar-refractivity contribution in [2.75, 3.05) is 40.5 Å². The fourth-order valence-corrected chi connectivity index (χ4v) is 2.75. The number of benzene rings is 1. The molecule has 0 aromatic heterocycles. The van der Waals surface area contributed by atoms with Gasteiger partial charge in [0, 0.05) is 13.7 Å². The van der Waals surface area contributed by atoms with Gasteiger partial charge in [-0.05, 0) is 43.6 Å². The second-order valence-electron chi connectivity index (χ2n) is 5.27.